The molecule has 0 fully saturated rings. The van der Waals surface area contributed by atoms with Crippen LogP contribution in [-0.4, -0.2) is 43.5 Å². The monoisotopic (exact) mass is 452 g/mol. The van der Waals surface area contributed by atoms with Crippen molar-refractivity contribution < 1.29 is 33.4 Å². The summed E-state index contributed by atoms with van der Waals surface area (Å²) in [5.41, 5.74) is 1.07. The number of benzene rings is 2. The standard InChI is InChI=1S/C26H28O7/c1-2-23(27)32-19-16-24(28)31-17-10-3-4-11-18-33-26(30)22-15-9-8-14-21(22)25(29)20-12-6-5-7-13-20/h2,5-9,12-15H,1,3-4,10-11,16-19H2. The first kappa shape index (κ1) is 25.5. The molecule has 0 radical (unpaired) electrons. The van der Waals surface area contributed by atoms with E-state index in [0.29, 0.717) is 24.0 Å². The van der Waals surface area contributed by atoms with E-state index >= 15 is 0 Å². The van der Waals surface area contributed by atoms with Gasteiger partial charge < -0.3 is 14.2 Å². The fraction of sp³-hybridized carbons (Fsp3) is 0.308. The van der Waals surface area contributed by atoms with Crippen molar-refractivity contribution >= 4 is 23.7 Å². The smallest absolute Gasteiger partial charge is 0.338 e. The number of rotatable bonds is 14. The number of ketones is 1. The van der Waals surface area contributed by atoms with Crippen LogP contribution in [0.1, 0.15) is 58.4 Å². The lowest BCUT2D eigenvalue weighted by Crippen LogP contribution is -2.13. The van der Waals surface area contributed by atoms with Crippen LogP contribution in [0.2, 0.25) is 0 Å². The molecule has 0 amide bonds. The van der Waals surface area contributed by atoms with Crippen molar-refractivity contribution in [3.63, 3.8) is 0 Å². The third-order valence-electron chi connectivity index (χ3n) is 4.68. The first-order chi connectivity index (χ1) is 16.0. The lowest BCUT2D eigenvalue weighted by atomic mass is 9.98. The predicted molar refractivity (Wildman–Crippen MR) is 122 cm³/mol. The highest BCUT2D eigenvalue weighted by Gasteiger charge is 2.18. The highest BCUT2D eigenvalue weighted by Crippen LogP contribution is 2.16. The van der Waals surface area contributed by atoms with Gasteiger partial charge >= 0.3 is 17.9 Å². The highest BCUT2D eigenvalue weighted by molar-refractivity contribution is 6.14. The average molecular weight is 453 g/mol. The average Bonchev–Trinajstić information content (AvgIpc) is 2.85. The van der Waals surface area contributed by atoms with Gasteiger partial charge in [-0.25, -0.2) is 9.59 Å². The Labute approximate surface area is 193 Å². The second-order valence-electron chi connectivity index (χ2n) is 7.13. The maximum Gasteiger partial charge on any atom is 0.338 e. The third kappa shape index (κ3) is 9.11. The van der Waals surface area contributed by atoms with Crippen LogP contribution in [0.3, 0.4) is 0 Å². The van der Waals surface area contributed by atoms with Crippen molar-refractivity contribution in [3.8, 4) is 0 Å². The van der Waals surface area contributed by atoms with Crippen LogP contribution < -0.4 is 0 Å². The van der Waals surface area contributed by atoms with Crippen molar-refractivity contribution in [1.29, 1.82) is 0 Å². The second-order valence-corrected chi connectivity index (χ2v) is 7.13. The molecule has 0 heterocycles. The molecule has 0 saturated heterocycles. The summed E-state index contributed by atoms with van der Waals surface area (Å²) in [6, 6.07) is 15.4. The zero-order valence-corrected chi connectivity index (χ0v) is 18.5. The van der Waals surface area contributed by atoms with E-state index in [1.165, 1.54) is 0 Å². The van der Waals surface area contributed by atoms with Crippen molar-refractivity contribution in [1.82, 2.24) is 0 Å². The molecule has 0 aliphatic rings. The Morgan fingerprint density at radius 3 is 1.97 bits per heavy atom. The van der Waals surface area contributed by atoms with E-state index in [0.717, 1.165) is 18.9 Å². The summed E-state index contributed by atoms with van der Waals surface area (Å²) in [7, 11) is 0. The summed E-state index contributed by atoms with van der Waals surface area (Å²) in [6.07, 6.45) is 3.98. The van der Waals surface area contributed by atoms with Crippen LogP contribution in [0.15, 0.2) is 67.3 Å². The fourth-order valence-electron chi connectivity index (χ4n) is 2.96. The third-order valence-corrected chi connectivity index (χ3v) is 4.68. The molecule has 0 aliphatic carbocycles. The minimum absolute atomic E-state index is 0.00375. The molecule has 7 heteroatoms. The predicted octanol–water partition coefficient (Wildman–Crippen LogP) is 4.30. The lowest BCUT2D eigenvalue weighted by Gasteiger charge is -2.09. The fourth-order valence-corrected chi connectivity index (χ4v) is 2.96. The van der Waals surface area contributed by atoms with Crippen LogP contribution in [0, 0.1) is 0 Å². The number of hydrogen-bond donors (Lipinski definition) is 0. The summed E-state index contributed by atoms with van der Waals surface area (Å²) in [4.78, 5) is 47.6. The normalized spacial score (nSPS) is 10.2. The molecule has 7 nitrogen and oxygen atoms in total. The second kappa shape index (κ2) is 14.3. The van der Waals surface area contributed by atoms with Crippen LogP contribution in [-0.2, 0) is 23.8 Å². The van der Waals surface area contributed by atoms with Gasteiger partial charge in [-0.05, 0) is 31.7 Å². The minimum atomic E-state index is -0.574. The van der Waals surface area contributed by atoms with Crippen molar-refractivity contribution in [3.05, 3.63) is 83.9 Å². The molecule has 2 aromatic carbocycles. The SMILES string of the molecule is C=CC(=O)OCCC(=O)OCCCCCCOC(=O)c1ccccc1C(=O)c1ccccc1. The van der Waals surface area contributed by atoms with Crippen molar-refractivity contribution in [2.24, 2.45) is 0 Å². The number of hydrogen-bond acceptors (Lipinski definition) is 7. The van der Waals surface area contributed by atoms with E-state index in [-0.39, 0.29) is 37.6 Å². The molecule has 0 spiro atoms. The minimum Gasteiger partial charge on any atom is -0.466 e. The zero-order chi connectivity index (χ0) is 23.9. The number of esters is 3. The molecule has 0 N–H and O–H groups in total. The Hall–Kier alpha value is -3.74. The Kier molecular flexibility index (Phi) is 11.1. The Morgan fingerprint density at radius 1 is 0.697 bits per heavy atom. The Balaban J connectivity index is 1.64. The van der Waals surface area contributed by atoms with Gasteiger partial charge in [-0.3, -0.25) is 9.59 Å². The van der Waals surface area contributed by atoms with Crippen LogP contribution in [0.25, 0.3) is 0 Å². The Bertz CT molecular complexity index is 950. The van der Waals surface area contributed by atoms with Crippen LogP contribution in [0.5, 0.6) is 0 Å². The molecule has 2 rings (SSSR count). The molecule has 2 aromatic rings. The molecule has 0 bridgehead atoms. The van der Waals surface area contributed by atoms with E-state index in [2.05, 4.69) is 6.58 Å². The molecular weight excluding hydrogens is 424 g/mol. The topological polar surface area (TPSA) is 96.0 Å². The van der Waals surface area contributed by atoms with Gasteiger partial charge in [-0.1, -0.05) is 55.1 Å². The van der Waals surface area contributed by atoms with Gasteiger partial charge in [0.15, 0.2) is 5.78 Å². The summed E-state index contributed by atoms with van der Waals surface area (Å²) in [6.45, 7) is 3.75. The maximum atomic E-state index is 12.7. The lowest BCUT2D eigenvalue weighted by molar-refractivity contribution is -0.147. The highest BCUT2D eigenvalue weighted by atomic mass is 16.5. The van der Waals surface area contributed by atoms with E-state index in [9.17, 15) is 19.2 Å². The summed E-state index contributed by atoms with van der Waals surface area (Å²) >= 11 is 0. The molecule has 0 unspecified atom stereocenters. The van der Waals surface area contributed by atoms with Gasteiger partial charge in [0.05, 0.1) is 25.2 Å². The number of ether oxygens (including phenoxy) is 3. The van der Waals surface area contributed by atoms with Gasteiger partial charge in [0.2, 0.25) is 0 Å². The van der Waals surface area contributed by atoms with Crippen molar-refractivity contribution in [2.75, 3.05) is 19.8 Å². The molecule has 0 aromatic heterocycles. The number of unbranched alkanes of at least 4 members (excludes halogenated alkanes) is 3. The summed E-state index contributed by atoms with van der Waals surface area (Å²) in [5.74, 6) is -1.75. The molecular formula is C26H28O7. The van der Waals surface area contributed by atoms with Gasteiger partial charge in [0.25, 0.3) is 0 Å². The number of carbonyl (C=O) groups is 4. The Morgan fingerprint density at radius 2 is 1.30 bits per heavy atom. The molecule has 33 heavy (non-hydrogen) atoms. The van der Waals surface area contributed by atoms with Crippen LogP contribution >= 0.6 is 0 Å². The van der Waals surface area contributed by atoms with E-state index < -0.39 is 17.9 Å². The molecule has 0 aliphatic heterocycles. The molecule has 174 valence electrons. The summed E-state index contributed by atoms with van der Waals surface area (Å²) < 4.78 is 15.1. The van der Waals surface area contributed by atoms with Gasteiger partial charge in [0.1, 0.15) is 6.61 Å². The zero-order valence-electron chi connectivity index (χ0n) is 18.5. The van der Waals surface area contributed by atoms with Gasteiger partial charge in [-0.2, -0.15) is 0 Å². The number of carbonyl (C=O) groups excluding carboxylic acids is 4. The molecule has 0 atom stereocenters. The summed E-state index contributed by atoms with van der Waals surface area (Å²) in [5, 5.41) is 0. The maximum absolute atomic E-state index is 12.7. The van der Waals surface area contributed by atoms with Crippen LogP contribution in [0.4, 0.5) is 0 Å². The molecule has 0 saturated carbocycles. The van der Waals surface area contributed by atoms with E-state index in [1.807, 2.05) is 6.07 Å². The van der Waals surface area contributed by atoms with Crippen molar-refractivity contribution in [2.45, 2.75) is 32.1 Å². The van der Waals surface area contributed by atoms with E-state index in [4.69, 9.17) is 14.2 Å². The quantitative estimate of drug-likeness (QED) is 0.139. The van der Waals surface area contributed by atoms with Gasteiger partial charge in [0, 0.05) is 17.2 Å². The first-order valence-electron chi connectivity index (χ1n) is 10.8. The van der Waals surface area contributed by atoms with Gasteiger partial charge in [-0.15, -0.1) is 0 Å². The van der Waals surface area contributed by atoms with E-state index in [1.54, 1.807) is 48.5 Å². The largest absolute Gasteiger partial charge is 0.466 e. The first-order valence-corrected chi connectivity index (χ1v) is 10.8.